The molecule has 0 fully saturated rings. The fraction of sp³-hybridized carbons (Fsp3) is 0.529. The van der Waals surface area contributed by atoms with E-state index < -0.39 is 0 Å². The summed E-state index contributed by atoms with van der Waals surface area (Å²) in [6, 6.07) is 4.28. The van der Waals surface area contributed by atoms with Crippen LogP contribution in [0.1, 0.15) is 40.2 Å². The Kier molecular flexibility index (Phi) is 9.84. The Bertz CT molecular complexity index is 623. The van der Waals surface area contributed by atoms with E-state index in [1.165, 1.54) is 9.75 Å². The summed E-state index contributed by atoms with van der Waals surface area (Å²) in [6.07, 6.45) is 0.988. The standard InChI is InChI=1S/C17H26N4S2.HI/c1-5-18-17(20-11-12(2)15-7-6-10-22-15)19-9-8-16-13(3)21-14(4)23-16;/h6-7,10,12H,5,8-9,11H2,1-4H3,(H2,18,19,20);1H. The van der Waals surface area contributed by atoms with Gasteiger partial charge in [0.05, 0.1) is 17.2 Å². The van der Waals surface area contributed by atoms with Gasteiger partial charge in [-0.25, -0.2) is 4.98 Å². The predicted octanol–water partition coefficient (Wildman–Crippen LogP) is 4.34. The van der Waals surface area contributed by atoms with Crippen LogP contribution in [0.25, 0.3) is 0 Å². The smallest absolute Gasteiger partial charge is 0.191 e. The molecule has 2 N–H and O–H groups in total. The molecule has 24 heavy (non-hydrogen) atoms. The van der Waals surface area contributed by atoms with Gasteiger partial charge < -0.3 is 10.6 Å². The minimum Gasteiger partial charge on any atom is -0.357 e. The largest absolute Gasteiger partial charge is 0.357 e. The van der Waals surface area contributed by atoms with E-state index in [0.717, 1.165) is 42.7 Å². The summed E-state index contributed by atoms with van der Waals surface area (Å²) in [4.78, 5) is 11.9. The molecule has 0 saturated carbocycles. The Balaban J connectivity index is 0.00000288. The first-order valence-electron chi connectivity index (χ1n) is 8.08. The number of hydrogen-bond donors (Lipinski definition) is 2. The molecule has 134 valence electrons. The van der Waals surface area contributed by atoms with Crippen molar-refractivity contribution in [3.63, 3.8) is 0 Å². The third-order valence-corrected chi connectivity index (χ3v) is 5.78. The van der Waals surface area contributed by atoms with Gasteiger partial charge in [-0.3, -0.25) is 4.99 Å². The number of aryl methyl sites for hydroxylation is 2. The molecule has 0 spiro atoms. The van der Waals surface area contributed by atoms with Crippen molar-refractivity contribution in [2.24, 2.45) is 4.99 Å². The van der Waals surface area contributed by atoms with Crippen LogP contribution in [0, 0.1) is 13.8 Å². The van der Waals surface area contributed by atoms with Crippen LogP contribution in [0.4, 0.5) is 0 Å². The molecule has 1 atom stereocenters. The van der Waals surface area contributed by atoms with Crippen molar-refractivity contribution in [1.82, 2.24) is 15.6 Å². The Labute approximate surface area is 170 Å². The van der Waals surface area contributed by atoms with Gasteiger partial charge >= 0.3 is 0 Å². The quantitative estimate of drug-likeness (QED) is 0.354. The fourth-order valence-electron chi connectivity index (χ4n) is 2.33. The molecule has 2 heterocycles. The molecule has 1 unspecified atom stereocenters. The van der Waals surface area contributed by atoms with Gasteiger partial charge in [-0.1, -0.05) is 13.0 Å². The lowest BCUT2D eigenvalue weighted by Gasteiger charge is -2.12. The summed E-state index contributed by atoms with van der Waals surface area (Å²) in [5, 5.41) is 10.0. The summed E-state index contributed by atoms with van der Waals surface area (Å²) < 4.78 is 0. The molecule has 0 bridgehead atoms. The number of nitrogens with zero attached hydrogens (tertiary/aromatic N) is 2. The van der Waals surface area contributed by atoms with E-state index in [0.29, 0.717) is 5.92 Å². The van der Waals surface area contributed by atoms with Crippen LogP contribution >= 0.6 is 46.7 Å². The molecule has 0 aromatic carbocycles. The number of aliphatic imine (C=N–C) groups is 1. The first-order chi connectivity index (χ1) is 11.1. The zero-order valence-electron chi connectivity index (χ0n) is 14.8. The lowest BCUT2D eigenvalue weighted by atomic mass is 10.1. The summed E-state index contributed by atoms with van der Waals surface area (Å²) in [5.74, 6) is 1.35. The van der Waals surface area contributed by atoms with Gasteiger partial charge in [-0.15, -0.1) is 46.7 Å². The van der Waals surface area contributed by atoms with Gasteiger partial charge in [0.2, 0.25) is 0 Å². The third kappa shape index (κ3) is 6.68. The topological polar surface area (TPSA) is 49.3 Å². The molecule has 0 saturated heterocycles. The molecular formula is C17H27IN4S2. The average molecular weight is 478 g/mol. The molecule has 0 aliphatic heterocycles. The molecular weight excluding hydrogens is 451 g/mol. The van der Waals surface area contributed by atoms with Crippen LogP contribution in [0.2, 0.25) is 0 Å². The minimum atomic E-state index is 0. The van der Waals surface area contributed by atoms with Crippen LogP contribution in [0.5, 0.6) is 0 Å². The molecule has 7 heteroatoms. The average Bonchev–Trinajstić information content (AvgIpc) is 3.15. The van der Waals surface area contributed by atoms with Gasteiger partial charge in [0.15, 0.2) is 5.96 Å². The molecule has 4 nitrogen and oxygen atoms in total. The second-order valence-corrected chi connectivity index (χ2v) is 7.82. The number of thiazole rings is 1. The molecule has 0 amide bonds. The van der Waals surface area contributed by atoms with Crippen molar-refractivity contribution in [2.75, 3.05) is 19.6 Å². The van der Waals surface area contributed by atoms with Gasteiger partial charge in [0, 0.05) is 35.2 Å². The zero-order chi connectivity index (χ0) is 16.7. The molecule has 0 aliphatic carbocycles. The Morgan fingerprint density at radius 2 is 2.12 bits per heavy atom. The second kappa shape index (κ2) is 11.0. The maximum atomic E-state index is 4.72. The van der Waals surface area contributed by atoms with Crippen LogP contribution in [-0.2, 0) is 6.42 Å². The van der Waals surface area contributed by atoms with Crippen LogP contribution in [0.3, 0.4) is 0 Å². The minimum absolute atomic E-state index is 0. The van der Waals surface area contributed by atoms with E-state index in [1.54, 1.807) is 22.7 Å². The first kappa shape index (κ1) is 21.4. The lowest BCUT2D eigenvalue weighted by molar-refractivity contribution is 0.755. The summed E-state index contributed by atoms with van der Waals surface area (Å²) >= 11 is 3.59. The van der Waals surface area contributed by atoms with Crippen molar-refractivity contribution in [1.29, 1.82) is 0 Å². The van der Waals surface area contributed by atoms with Crippen LogP contribution in [0.15, 0.2) is 22.5 Å². The fourth-order valence-corrected chi connectivity index (χ4v) is 4.05. The number of nitrogens with one attached hydrogen (secondary N) is 2. The molecule has 2 aromatic heterocycles. The summed E-state index contributed by atoms with van der Waals surface area (Å²) in [5.41, 5.74) is 1.16. The predicted molar refractivity (Wildman–Crippen MR) is 117 cm³/mol. The number of guanidine groups is 1. The number of rotatable bonds is 7. The van der Waals surface area contributed by atoms with Gasteiger partial charge in [-0.2, -0.15) is 0 Å². The van der Waals surface area contributed by atoms with Crippen molar-refractivity contribution >= 4 is 52.6 Å². The normalized spacial score (nSPS) is 12.6. The first-order valence-corrected chi connectivity index (χ1v) is 9.78. The Morgan fingerprint density at radius 3 is 2.71 bits per heavy atom. The van der Waals surface area contributed by atoms with E-state index in [-0.39, 0.29) is 24.0 Å². The molecule has 0 aliphatic rings. The molecule has 2 rings (SSSR count). The van der Waals surface area contributed by atoms with Crippen LogP contribution in [-0.4, -0.2) is 30.6 Å². The van der Waals surface area contributed by atoms with Gasteiger partial charge in [0.25, 0.3) is 0 Å². The molecule has 2 aromatic rings. The number of halogens is 1. The van der Waals surface area contributed by atoms with Crippen molar-refractivity contribution in [2.45, 2.75) is 40.0 Å². The van der Waals surface area contributed by atoms with Crippen LogP contribution < -0.4 is 10.6 Å². The van der Waals surface area contributed by atoms with E-state index in [1.807, 2.05) is 0 Å². The number of aromatic nitrogens is 1. The van der Waals surface area contributed by atoms with Crippen molar-refractivity contribution < 1.29 is 0 Å². The Morgan fingerprint density at radius 1 is 1.33 bits per heavy atom. The Hall–Kier alpha value is -0.670. The highest BCUT2D eigenvalue weighted by atomic mass is 127. The lowest BCUT2D eigenvalue weighted by Crippen LogP contribution is -2.38. The molecule has 0 radical (unpaired) electrons. The highest BCUT2D eigenvalue weighted by Gasteiger charge is 2.07. The number of thiophene rings is 1. The monoisotopic (exact) mass is 478 g/mol. The van der Waals surface area contributed by atoms with Gasteiger partial charge in [0.1, 0.15) is 0 Å². The van der Waals surface area contributed by atoms with E-state index in [4.69, 9.17) is 4.99 Å². The summed E-state index contributed by atoms with van der Waals surface area (Å²) in [7, 11) is 0. The van der Waals surface area contributed by atoms with E-state index in [2.05, 4.69) is 60.8 Å². The van der Waals surface area contributed by atoms with Gasteiger partial charge in [-0.05, 0) is 32.2 Å². The second-order valence-electron chi connectivity index (χ2n) is 5.55. The highest BCUT2D eigenvalue weighted by Crippen LogP contribution is 2.20. The maximum Gasteiger partial charge on any atom is 0.191 e. The van der Waals surface area contributed by atoms with Crippen molar-refractivity contribution in [3.05, 3.63) is 38.0 Å². The highest BCUT2D eigenvalue weighted by molar-refractivity contribution is 14.0. The SMILES string of the molecule is CCNC(=NCC(C)c1cccs1)NCCc1sc(C)nc1C.I. The summed E-state index contributed by atoms with van der Waals surface area (Å²) in [6.45, 7) is 11.0. The zero-order valence-corrected chi connectivity index (χ0v) is 18.7. The van der Waals surface area contributed by atoms with E-state index >= 15 is 0 Å². The third-order valence-electron chi connectivity index (χ3n) is 3.54. The van der Waals surface area contributed by atoms with E-state index in [9.17, 15) is 0 Å². The maximum absolute atomic E-state index is 4.72. The number of hydrogen-bond acceptors (Lipinski definition) is 4. The van der Waals surface area contributed by atoms with Crippen molar-refractivity contribution in [3.8, 4) is 0 Å².